The molecule has 0 aliphatic carbocycles. The molecule has 0 atom stereocenters. The summed E-state index contributed by atoms with van der Waals surface area (Å²) in [6, 6.07) is 21.7. The molecule has 3 rings (SSSR count). The van der Waals surface area contributed by atoms with E-state index in [-0.39, 0.29) is 17.3 Å². The summed E-state index contributed by atoms with van der Waals surface area (Å²) in [4.78, 5) is 13.0. The fraction of sp³-hybridized carbons (Fsp3) is 0.296. The zero-order chi connectivity index (χ0) is 24.6. The maximum atomic E-state index is 13.6. The average Bonchev–Trinajstić information content (AvgIpc) is 2.81. The fourth-order valence-electron chi connectivity index (χ4n) is 3.65. The van der Waals surface area contributed by atoms with Gasteiger partial charge in [0.1, 0.15) is 12.3 Å². The van der Waals surface area contributed by atoms with Gasteiger partial charge in [0.25, 0.3) is 10.0 Å². The Hall–Kier alpha value is -3.32. The third-order valence-electron chi connectivity index (χ3n) is 5.38. The molecule has 34 heavy (non-hydrogen) atoms. The Morgan fingerprint density at radius 1 is 0.941 bits per heavy atom. The van der Waals surface area contributed by atoms with Crippen LogP contribution in [0.2, 0.25) is 0 Å². The number of nitrogens with one attached hydrogen (secondary N) is 1. The van der Waals surface area contributed by atoms with Gasteiger partial charge in [0, 0.05) is 6.54 Å². The molecule has 1 amide bonds. The molecule has 1 N–H and O–H groups in total. The topological polar surface area (TPSA) is 75.7 Å². The highest BCUT2D eigenvalue weighted by Gasteiger charge is 2.29. The first-order chi connectivity index (χ1) is 16.3. The zero-order valence-corrected chi connectivity index (χ0v) is 20.8. The summed E-state index contributed by atoms with van der Waals surface area (Å²) in [5.74, 6) is 0.0409. The van der Waals surface area contributed by atoms with Crippen molar-refractivity contribution in [1.29, 1.82) is 0 Å². The quantitative estimate of drug-likeness (QED) is 0.406. The lowest BCUT2D eigenvalue weighted by Gasteiger charge is -2.26. The standard InChI is InChI=1S/C27H32N2O4S/c1-4-33-26-13-6-5-12-25(26)29(34(31,32)24-16-14-21(2)15-17-24)20-27(30)28-18-8-11-23-10-7-9-22(3)19-23/h5-7,9-10,12-17,19H,4,8,11,18,20H2,1-3H3,(H,28,30). The van der Waals surface area contributed by atoms with Crippen molar-refractivity contribution in [2.75, 3.05) is 24.0 Å². The normalized spacial score (nSPS) is 11.1. The number of carbonyl (C=O) groups is 1. The van der Waals surface area contributed by atoms with Gasteiger partial charge in [-0.1, -0.05) is 59.7 Å². The zero-order valence-electron chi connectivity index (χ0n) is 20.0. The second-order valence-electron chi connectivity index (χ2n) is 8.17. The molecule has 0 fully saturated rings. The minimum atomic E-state index is -3.99. The minimum Gasteiger partial charge on any atom is -0.492 e. The van der Waals surface area contributed by atoms with Crippen LogP contribution in [0.3, 0.4) is 0 Å². The van der Waals surface area contributed by atoms with Crippen LogP contribution in [0.1, 0.15) is 30.0 Å². The van der Waals surface area contributed by atoms with Crippen LogP contribution in [0.25, 0.3) is 0 Å². The number of amides is 1. The van der Waals surface area contributed by atoms with Gasteiger partial charge >= 0.3 is 0 Å². The lowest BCUT2D eigenvalue weighted by molar-refractivity contribution is -0.119. The Bertz CT molecular complexity index is 1210. The Morgan fingerprint density at radius 3 is 2.38 bits per heavy atom. The number of carbonyl (C=O) groups excluding carboxylic acids is 1. The summed E-state index contributed by atoms with van der Waals surface area (Å²) in [5, 5.41) is 2.87. The highest BCUT2D eigenvalue weighted by Crippen LogP contribution is 2.32. The van der Waals surface area contributed by atoms with Crippen molar-refractivity contribution in [2.45, 2.75) is 38.5 Å². The van der Waals surface area contributed by atoms with Crippen LogP contribution in [0, 0.1) is 13.8 Å². The van der Waals surface area contributed by atoms with Gasteiger partial charge in [0.15, 0.2) is 0 Å². The number of rotatable bonds is 11. The van der Waals surface area contributed by atoms with Crippen molar-refractivity contribution in [3.8, 4) is 5.75 Å². The molecule has 0 unspecified atom stereocenters. The molecule has 0 spiro atoms. The van der Waals surface area contributed by atoms with E-state index < -0.39 is 10.0 Å². The third-order valence-corrected chi connectivity index (χ3v) is 7.15. The maximum Gasteiger partial charge on any atom is 0.264 e. The Morgan fingerprint density at radius 2 is 1.68 bits per heavy atom. The number of hydrogen-bond donors (Lipinski definition) is 1. The Kier molecular flexibility index (Phi) is 8.71. The van der Waals surface area contributed by atoms with Crippen molar-refractivity contribution >= 4 is 21.6 Å². The second-order valence-corrected chi connectivity index (χ2v) is 10.0. The van der Waals surface area contributed by atoms with Gasteiger partial charge < -0.3 is 10.1 Å². The molecule has 0 aromatic heterocycles. The van der Waals surface area contributed by atoms with Crippen molar-refractivity contribution in [3.05, 3.63) is 89.5 Å². The van der Waals surface area contributed by atoms with E-state index in [9.17, 15) is 13.2 Å². The molecule has 7 heteroatoms. The summed E-state index contributed by atoms with van der Waals surface area (Å²) >= 11 is 0. The molecule has 0 radical (unpaired) electrons. The highest BCUT2D eigenvalue weighted by atomic mass is 32.2. The molecule has 6 nitrogen and oxygen atoms in total. The lowest BCUT2D eigenvalue weighted by Crippen LogP contribution is -2.41. The molecule has 0 aliphatic rings. The van der Waals surface area contributed by atoms with Crippen molar-refractivity contribution in [2.24, 2.45) is 0 Å². The Balaban J connectivity index is 1.77. The second kappa shape index (κ2) is 11.7. The van der Waals surface area contributed by atoms with Gasteiger partial charge in [-0.15, -0.1) is 0 Å². The molecular formula is C27H32N2O4S. The number of benzene rings is 3. The summed E-state index contributed by atoms with van der Waals surface area (Å²) in [5.41, 5.74) is 3.70. The summed E-state index contributed by atoms with van der Waals surface area (Å²) < 4.78 is 33.9. The Labute approximate surface area is 202 Å². The number of para-hydroxylation sites is 2. The molecular weight excluding hydrogens is 448 g/mol. The molecule has 0 saturated heterocycles. The molecule has 180 valence electrons. The fourth-order valence-corrected chi connectivity index (χ4v) is 5.08. The molecule has 0 aliphatic heterocycles. The van der Waals surface area contributed by atoms with Crippen molar-refractivity contribution < 1.29 is 17.9 Å². The van der Waals surface area contributed by atoms with Gasteiger partial charge in [0.05, 0.1) is 17.2 Å². The highest BCUT2D eigenvalue weighted by molar-refractivity contribution is 7.92. The minimum absolute atomic E-state index is 0.122. The number of ether oxygens (including phenoxy) is 1. The van der Waals surface area contributed by atoms with Gasteiger partial charge in [-0.05, 0) is 63.4 Å². The first-order valence-corrected chi connectivity index (χ1v) is 12.9. The molecule has 0 heterocycles. The first-order valence-electron chi connectivity index (χ1n) is 11.4. The smallest absolute Gasteiger partial charge is 0.264 e. The van der Waals surface area contributed by atoms with E-state index in [2.05, 4.69) is 30.4 Å². The van der Waals surface area contributed by atoms with Gasteiger partial charge in [-0.3, -0.25) is 9.10 Å². The summed E-state index contributed by atoms with van der Waals surface area (Å²) in [6.07, 6.45) is 1.59. The maximum absolute atomic E-state index is 13.6. The van der Waals surface area contributed by atoms with Gasteiger partial charge in [-0.2, -0.15) is 0 Å². The number of hydrogen-bond acceptors (Lipinski definition) is 4. The summed E-state index contributed by atoms with van der Waals surface area (Å²) in [6.45, 7) is 6.26. The van der Waals surface area contributed by atoms with Crippen LogP contribution >= 0.6 is 0 Å². The SMILES string of the molecule is CCOc1ccccc1N(CC(=O)NCCCc1cccc(C)c1)S(=O)(=O)c1ccc(C)cc1. The number of anilines is 1. The van der Waals surface area contributed by atoms with E-state index in [4.69, 9.17) is 4.74 Å². The summed E-state index contributed by atoms with van der Waals surface area (Å²) in [7, 11) is -3.99. The van der Waals surface area contributed by atoms with E-state index in [1.54, 1.807) is 48.5 Å². The van der Waals surface area contributed by atoms with Crippen LogP contribution in [0.5, 0.6) is 5.75 Å². The predicted molar refractivity (Wildman–Crippen MR) is 136 cm³/mol. The monoisotopic (exact) mass is 480 g/mol. The van der Waals surface area contributed by atoms with Crippen LogP contribution in [0.4, 0.5) is 5.69 Å². The predicted octanol–water partition coefficient (Wildman–Crippen LogP) is 4.65. The van der Waals surface area contributed by atoms with E-state index in [1.807, 2.05) is 19.9 Å². The van der Waals surface area contributed by atoms with Crippen molar-refractivity contribution in [1.82, 2.24) is 5.32 Å². The molecule has 0 bridgehead atoms. The lowest BCUT2D eigenvalue weighted by atomic mass is 10.1. The van der Waals surface area contributed by atoms with E-state index in [0.717, 1.165) is 22.7 Å². The van der Waals surface area contributed by atoms with E-state index in [0.29, 0.717) is 24.6 Å². The average molecular weight is 481 g/mol. The molecule has 3 aromatic rings. The number of sulfonamides is 1. The largest absolute Gasteiger partial charge is 0.492 e. The molecule has 0 saturated carbocycles. The van der Waals surface area contributed by atoms with Gasteiger partial charge in [0.2, 0.25) is 5.91 Å². The van der Waals surface area contributed by atoms with Crippen molar-refractivity contribution in [3.63, 3.8) is 0 Å². The van der Waals surface area contributed by atoms with Crippen LogP contribution in [0.15, 0.2) is 77.7 Å². The van der Waals surface area contributed by atoms with Crippen LogP contribution in [-0.4, -0.2) is 34.0 Å². The van der Waals surface area contributed by atoms with Gasteiger partial charge in [-0.25, -0.2) is 8.42 Å². The number of nitrogens with zero attached hydrogens (tertiary/aromatic N) is 1. The first kappa shape index (κ1) is 25.3. The molecule has 3 aromatic carbocycles. The van der Waals surface area contributed by atoms with E-state index >= 15 is 0 Å². The number of aryl methyl sites for hydroxylation is 3. The third kappa shape index (κ3) is 6.60. The van der Waals surface area contributed by atoms with Crippen LogP contribution < -0.4 is 14.4 Å². The van der Waals surface area contributed by atoms with Crippen LogP contribution in [-0.2, 0) is 21.2 Å². The van der Waals surface area contributed by atoms with E-state index in [1.165, 1.54) is 11.1 Å².